The highest BCUT2D eigenvalue weighted by Crippen LogP contribution is 2.31. The van der Waals surface area contributed by atoms with Crippen molar-refractivity contribution >= 4 is 11.8 Å². The Kier molecular flexibility index (Phi) is 7.37. The molecule has 0 saturated carbocycles. The SMILES string of the molecule is CNC(=O)[C@@H](C)N(Cc1ccccc1F)C(=O)COc1ccccc1C(C)(C)C. The number of hydrogen-bond acceptors (Lipinski definition) is 3. The Bertz CT molecular complexity index is 861. The number of amides is 2. The highest BCUT2D eigenvalue weighted by Gasteiger charge is 2.27. The number of nitrogens with zero attached hydrogens (tertiary/aromatic N) is 1. The average Bonchev–Trinajstić information content (AvgIpc) is 2.69. The maximum atomic E-state index is 14.1. The average molecular weight is 400 g/mol. The van der Waals surface area contributed by atoms with Gasteiger partial charge < -0.3 is 15.0 Å². The molecule has 1 N–H and O–H groups in total. The number of ether oxygens (including phenoxy) is 1. The van der Waals surface area contributed by atoms with Crippen molar-refractivity contribution in [2.24, 2.45) is 0 Å². The van der Waals surface area contributed by atoms with Gasteiger partial charge in [-0.15, -0.1) is 0 Å². The first-order valence-corrected chi connectivity index (χ1v) is 9.62. The minimum absolute atomic E-state index is 0.0234. The van der Waals surface area contributed by atoms with Crippen LogP contribution in [0, 0.1) is 5.82 Å². The van der Waals surface area contributed by atoms with Crippen LogP contribution >= 0.6 is 0 Å². The second-order valence-corrected chi connectivity index (χ2v) is 7.94. The zero-order valence-corrected chi connectivity index (χ0v) is 17.7. The van der Waals surface area contributed by atoms with E-state index < -0.39 is 17.8 Å². The van der Waals surface area contributed by atoms with Crippen LogP contribution in [0.15, 0.2) is 48.5 Å². The molecule has 0 aliphatic heterocycles. The highest BCUT2D eigenvalue weighted by atomic mass is 19.1. The lowest BCUT2D eigenvalue weighted by atomic mass is 9.86. The molecule has 2 aromatic rings. The summed E-state index contributed by atoms with van der Waals surface area (Å²) in [5, 5.41) is 2.54. The lowest BCUT2D eigenvalue weighted by molar-refractivity contribution is -0.142. The molecule has 0 aliphatic carbocycles. The van der Waals surface area contributed by atoms with Gasteiger partial charge in [0.2, 0.25) is 5.91 Å². The zero-order chi connectivity index (χ0) is 21.6. The van der Waals surface area contributed by atoms with Crippen LogP contribution in [-0.2, 0) is 21.5 Å². The molecule has 2 amide bonds. The zero-order valence-electron chi connectivity index (χ0n) is 17.7. The lowest BCUT2D eigenvalue weighted by Crippen LogP contribution is -2.48. The molecule has 0 aliphatic rings. The van der Waals surface area contributed by atoms with E-state index >= 15 is 0 Å². The molecule has 6 heteroatoms. The van der Waals surface area contributed by atoms with Gasteiger partial charge in [-0.3, -0.25) is 9.59 Å². The minimum atomic E-state index is -0.770. The van der Waals surface area contributed by atoms with Crippen molar-refractivity contribution in [1.82, 2.24) is 10.2 Å². The van der Waals surface area contributed by atoms with Gasteiger partial charge in [0, 0.05) is 19.2 Å². The van der Waals surface area contributed by atoms with Gasteiger partial charge in [0.15, 0.2) is 6.61 Å². The molecular formula is C23H29FN2O3. The third-order valence-corrected chi connectivity index (χ3v) is 4.76. The van der Waals surface area contributed by atoms with E-state index in [2.05, 4.69) is 26.1 Å². The highest BCUT2D eigenvalue weighted by molar-refractivity contribution is 5.87. The number of carbonyl (C=O) groups is 2. The second-order valence-electron chi connectivity index (χ2n) is 7.94. The summed E-state index contributed by atoms with van der Waals surface area (Å²) in [6, 6.07) is 13.0. The standard InChI is InChI=1S/C23H29FN2O3/c1-16(22(28)25-5)26(14-17-10-6-8-12-19(17)24)21(27)15-29-20-13-9-7-11-18(20)23(2,3)4/h6-13,16H,14-15H2,1-5H3,(H,25,28)/t16-/m1/s1. The number of likely N-dealkylation sites (N-methyl/N-ethyl adjacent to an activating group) is 1. The van der Waals surface area contributed by atoms with Crippen molar-refractivity contribution in [1.29, 1.82) is 0 Å². The van der Waals surface area contributed by atoms with E-state index in [4.69, 9.17) is 4.74 Å². The van der Waals surface area contributed by atoms with Gasteiger partial charge in [-0.1, -0.05) is 57.2 Å². The van der Waals surface area contributed by atoms with Crippen molar-refractivity contribution < 1.29 is 18.7 Å². The molecule has 0 radical (unpaired) electrons. The number of hydrogen-bond donors (Lipinski definition) is 1. The second kappa shape index (κ2) is 9.54. The van der Waals surface area contributed by atoms with E-state index in [1.165, 1.54) is 18.0 Å². The Morgan fingerprint density at radius 1 is 1.10 bits per heavy atom. The lowest BCUT2D eigenvalue weighted by Gasteiger charge is -2.29. The van der Waals surface area contributed by atoms with Crippen molar-refractivity contribution in [2.75, 3.05) is 13.7 Å². The third kappa shape index (κ3) is 5.79. The van der Waals surface area contributed by atoms with Crippen molar-refractivity contribution in [3.63, 3.8) is 0 Å². The van der Waals surface area contributed by atoms with Crippen LogP contribution in [0.25, 0.3) is 0 Å². The Balaban J connectivity index is 2.22. The maximum Gasteiger partial charge on any atom is 0.261 e. The summed E-state index contributed by atoms with van der Waals surface area (Å²) in [6.45, 7) is 7.54. The topological polar surface area (TPSA) is 58.6 Å². The Morgan fingerprint density at radius 3 is 2.34 bits per heavy atom. The molecule has 0 unspecified atom stereocenters. The molecule has 0 fully saturated rings. The largest absolute Gasteiger partial charge is 0.483 e. The molecule has 2 aromatic carbocycles. The monoisotopic (exact) mass is 400 g/mol. The van der Waals surface area contributed by atoms with Crippen LogP contribution < -0.4 is 10.1 Å². The summed E-state index contributed by atoms with van der Waals surface area (Å²) in [6.07, 6.45) is 0. The van der Waals surface area contributed by atoms with Gasteiger partial charge in [-0.05, 0) is 30.0 Å². The summed E-state index contributed by atoms with van der Waals surface area (Å²) < 4.78 is 19.9. The van der Waals surface area contributed by atoms with Gasteiger partial charge in [0.1, 0.15) is 17.6 Å². The fraction of sp³-hybridized carbons (Fsp3) is 0.391. The molecule has 156 valence electrons. The van der Waals surface area contributed by atoms with E-state index in [1.807, 2.05) is 24.3 Å². The van der Waals surface area contributed by atoms with Crippen LogP contribution in [0.4, 0.5) is 4.39 Å². The maximum absolute atomic E-state index is 14.1. The summed E-state index contributed by atoms with van der Waals surface area (Å²) in [5.74, 6) is -0.530. The molecule has 2 rings (SSSR count). The van der Waals surface area contributed by atoms with Gasteiger partial charge in [-0.25, -0.2) is 4.39 Å². The van der Waals surface area contributed by atoms with E-state index in [-0.39, 0.29) is 24.5 Å². The van der Waals surface area contributed by atoms with Crippen LogP contribution in [0.1, 0.15) is 38.8 Å². The quantitative estimate of drug-likeness (QED) is 0.772. The fourth-order valence-electron chi connectivity index (χ4n) is 3.04. The Morgan fingerprint density at radius 2 is 1.72 bits per heavy atom. The number of para-hydroxylation sites is 1. The number of benzene rings is 2. The smallest absolute Gasteiger partial charge is 0.261 e. The Labute approximate surface area is 171 Å². The van der Waals surface area contributed by atoms with E-state index in [9.17, 15) is 14.0 Å². The number of nitrogens with one attached hydrogen (secondary N) is 1. The Hall–Kier alpha value is -2.89. The molecule has 0 heterocycles. The first kappa shape index (κ1) is 22.4. The number of carbonyl (C=O) groups excluding carboxylic acids is 2. The first-order valence-electron chi connectivity index (χ1n) is 9.62. The summed E-state index contributed by atoms with van der Waals surface area (Å²) in [7, 11) is 1.50. The van der Waals surface area contributed by atoms with Gasteiger partial charge >= 0.3 is 0 Å². The molecule has 0 bridgehead atoms. The molecule has 1 atom stereocenters. The van der Waals surface area contributed by atoms with Gasteiger partial charge in [0.05, 0.1) is 0 Å². The molecule has 0 spiro atoms. The molecular weight excluding hydrogens is 371 g/mol. The van der Waals surface area contributed by atoms with E-state index in [0.717, 1.165) is 5.56 Å². The summed E-state index contributed by atoms with van der Waals surface area (Å²) >= 11 is 0. The number of halogens is 1. The summed E-state index contributed by atoms with van der Waals surface area (Å²) in [5.41, 5.74) is 1.17. The summed E-state index contributed by atoms with van der Waals surface area (Å²) in [4.78, 5) is 26.4. The predicted molar refractivity (Wildman–Crippen MR) is 111 cm³/mol. The van der Waals surface area contributed by atoms with Crippen molar-refractivity contribution in [3.8, 4) is 5.75 Å². The van der Waals surface area contributed by atoms with Crippen LogP contribution in [-0.4, -0.2) is 36.4 Å². The van der Waals surface area contributed by atoms with Gasteiger partial charge in [0.25, 0.3) is 5.91 Å². The van der Waals surface area contributed by atoms with Crippen molar-refractivity contribution in [3.05, 3.63) is 65.5 Å². The molecule has 0 saturated heterocycles. The normalized spacial score (nSPS) is 12.2. The third-order valence-electron chi connectivity index (χ3n) is 4.76. The van der Waals surface area contributed by atoms with Crippen LogP contribution in [0.5, 0.6) is 5.75 Å². The minimum Gasteiger partial charge on any atom is -0.483 e. The van der Waals surface area contributed by atoms with E-state index in [1.54, 1.807) is 25.1 Å². The number of rotatable bonds is 7. The molecule has 29 heavy (non-hydrogen) atoms. The molecule has 5 nitrogen and oxygen atoms in total. The van der Waals surface area contributed by atoms with E-state index in [0.29, 0.717) is 11.3 Å². The van der Waals surface area contributed by atoms with Crippen LogP contribution in [0.2, 0.25) is 0 Å². The van der Waals surface area contributed by atoms with Crippen molar-refractivity contribution in [2.45, 2.75) is 45.7 Å². The van der Waals surface area contributed by atoms with Gasteiger partial charge in [-0.2, -0.15) is 0 Å². The first-order chi connectivity index (χ1) is 13.6. The fourth-order valence-corrected chi connectivity index (χ4v) is 3.04. The predicted octanol–water partition coefficient (Wildman–Crippen LogP) is 3.67. The van der Waals surface area contributed by atoms with Crippen LogP contribution in [0.3, 0.4) is 0 Å². The molecule has 0 aromatic heterocycles.